The highest BCUT2D eigenvalue weighted by molar-refractivity contribution is 5.99. The third-order valence-electron chi connectivity index (χ3n) is 13.7. The van der Waals surface area contributed by atoms with Gasteiger partial charge >= 0.3 is 11.9 Å². The minimum absolute atomic E-state index is 0.0479. The van der Waals surface area contributed by atoms with Gasteiger partial charge in [0.15, 0.2) is 5.60 Å². The smallest absolute Gasteiger partial charge is 0.339 e. The van der Waals surface area contributed by atoms with Crippen molar-refractivity contribution >= 4 is 11.9 Å². The second kappa shape index (κ2) is 9.58. The van der Waals surface area contributed by atoms with Gasteiger partial charge in [-0.05, 0) is 93.2 Å². The van der Waals surface area contributed by atoms with Crippen LogP contribution in [0.25, 0.3) is 0 Å². The maximum atomic E-state index is 14.4. The first-order valence-electron chi connectivity index (χ1n) is 17.5. The topological polar surface area (TPSA) is 78.6 Å². The van der Waals surface area contributed by atoms with Gasteiger partial charge < -0.3 is 15.2 Å². The lowest BCUT2D eigenvalue weighted by molar-refractivity contribution is -0.273. The summed E-state index contributed by atoms with van der Waals surface area (Å²) in [6.07, 6.45) is 25.5. The Morgan fingerprint density at radius 1 is 1.07 bits per heavy atom. The van der Waals surface area contributed by atoms with E-state index in [4.69, 9.17) is 15.2 Å². The Morgan fingerprint density at radius 2 is 1.96 bits per heavy atom. The molecule has 1 aromatic carbocycles. The Hall–Kier alpha value is -3.36. The number of aryl methyl sites for hydroxylation is 1. The van der Waals surface area contributed by atoms with E-state index in [1.54, 1.807) is 0 Å². The van der Waals surface area contributed by atoms with E-state index in [1.165, 1.54) is 19.3 Å². The monoisotopic (exact) mass is 601 g/mol. The summed E-state index contributed by atoms with van der Waals surface area (Å²) in [6.45, 7) is 2.72. The fourth-order valence-electron chi connectivity index (χ4n) is 12.2. The average molecular weight is 602 g/mol. The highest BCUT2D eigenvalue weighted by atomic mass is 16.6. The van der Waals surface area contributed by atoms with Crippen LogP contribution in [0.2, 0.25) is 0 Å². The molecule has 0 unspecified atom stereocenters. The minimum atomic E-state index is -0.968. The van der Waals surface area contributed by atoms with Crippen LogP contribution in [0.5, 0.6) is 0 Å². The third-order valence-corrected chi connectivity index (χ3v) is 13.7. The molecule has 2 aliphatic heterocycles. The summed E-state index contributed by atoms with van der Waals surface area (Å²) in [6, 6.07) is 6.20. The molecule has 1 saturated heterocycles. The van der Waals surface area contributed by atoms with Gasteiger partial charge in [0.05, 0.1) is 11.0 Å². The summed E-state index contributed by atoms with van der Waals surface area (Å²) < 4.78 is 13.4. The number of benzene rings is 1. The molecule has 2 N–H and O–H groups in total. The lowest BCUT2D eigenvalue weighted by Crippen LogP contribution is -2.75. The Kier molecular flexibility index (Phi) is 5.94. The van der Waals surface area contributed by atoms with Gasteiger partial charge in [-0.15, -0.1) is 5.92 Å². The number of rotatable bonds is 5. The number of carbonyl (C=O) groups excluding carboxylic acids is 2. The largest absolute Gasteiger partial charge is 0.449 e. The Bertz CT molecular complexity index is 1690. The summed E-state index contributed by atoms with van der Waals surface area (Å²) >= 11 is 0. The zero-order chi connectivity index (χ0) is 30.6. The van der Waals surface area contributed by atoms with E-state index in [-0.39, 0.29) is 35.1 Å². The van der Waals surface area contributed by atoms with E-state index in [1.807, 2.05) is 6.07 Å². The molecular weight excluding hydrogens is 558 g/mol. The molecule has 0 amide bonds. The molecule has 8 aliphatic rings. The summed E-state index contributed by atoms with van der Waals surface area (Å²) in [5.41, 5.74) is 5.96. The van der Waals surface area contributed by atoms with Crippen molar-refractivity contribution in [3.05, 3.63) is 83.2 Å². The fourth-order valence-corrected chi connectivity index (χ4v) is 12.2. The molecular formula is C40H43NO4. The summed E-state index contributed by atoms with van der Waals surface area (Å²) in [7, 11) is 0. The SMILES string of the molecule is CCC[C@@H]1[C@@]2(OC(=O)c3c(CCCN)cccc32)[C@]23C[C@@H]4C#CC[C@H]5[C@@H](/C=C/2OC(=O)[C@]13C=C4)CC[C@H]1CC[C@H]2C=CC=C[C@@]125. The van der Waals surface area contributed by atoms with Gasteiger partial charge in [-0.2, -0.15) is 0 Å². The van der Waals surface area contributed by atoms with Gasteiger partial charge in [0, 0.05) is 29.2 Å². The lowest BCUT2D eigenvalue weighted by atomic mass is 9.31. The van der Waals surface area contributed by atoms with E-state index in [0.717, 1.165) is 55.4 Å². The Labute approximate surface area is 266 Å². The van der Waals surface area contributed by atoms with Crippen LogP contribution in [-0.4, -0.2) is 18.5 Å². The van der Waals surface area contributed by atoms with E-state index in [2.05, 4.69) is 73.4 Å². The number of nitrogens with two attached hydrogens (primary N) is 1. The molecule has 5 heteroatoms. The molecule has 4 fully saturated rings. The van der Waals surface area contributed by atoms with Crippen LogP contribution >= 0.6 is 0 Å². The molecule has 0 aromatic heterocycles. The van der Waals surface area contributed by atoms with Gasteiger partial charge in [-0.1, -0.05) is 73.9 Å². The van der Waals surface area contributed by atoms with Crippen LogP contribution in [0.1, 0.15) is 86.2 Å². The summed E-state index contributed by atoms with van der Waals surface area (Å²) in [4.78, 5) is 28.5. The zero-order valence-corrected chi connectivity index (χ0v) is 26.2. The quantitative estimate of drug-likeness (QED) is 0.225. The van der Waals surface area contributed by atoms with Crippen molar-refractivity contribution in [1.82, 2.24) is 0 Å². The molecule has 6 aliphatic carbocycles. The van der Waals surface area contributed by atoms with Crippen LogP contribution in [0.3, 0.4) is 0 Å². The van der Waals surface area contributed by atoms with Crippen molar-refractivity contribution in [2.45, 2.75) is 76.7 Å². The fraction of sp³-hybridized carbons (Fsp3) is 0.550. The van der Waals surface area contributed by atoms with Gasteiger partial charge in [0.2, 0.25) is 0 Å². The van der Waals surface area contributed by atoms with Crippen LogP contribution in [0, 0.1) is 63.6 Å². The predicted octanol–water partition coefficient (Wildman–Crippen LogP) is 6.94. The first-order valence-corrected chi connectivity index (χ1v) is 17.5. The molecule has 9 rings (SSSR count). The molecule has 2 bridgehead atoms. The van der Waals surface area contributed by atoms with Gasteiger partial charge in [0.25, 0.3) is 0 Å². The molecule has 5 nitrogen and oxygen atoms in total. The summed E-state index contributed by atoms with van der Waals surface area (Å²) in [5, 5.41) is 0. The highest BCUT2D eigenvalue weighted by Gasteiger charge is 2.91. The van der Waals surface area contributed by atoms with Crippen molar-refractivity contribution in [3.8, 4) is 11.8 Å². The van der Waals surface area contributed by atoms with Crippen LogP contribution in [0.15, 0.2) is 66.5 Å². The van der Waals surface area contributed by atoms with Gasteiger partial charge in [-0.3, -0.25) is 4.79 Å². The minimum Gasteiger partial charge on any atom is -0.449 e. The van der Waals surface area contributed by atoms with E-state index < -0.39 is 16.4 Å². The number of carbonyl (C=O) groups is 2. The standard InChI is InChI=1S/C40H43NO4/c1-2-8-32-38-21-19-25-9-5-13-30-27(15-16-29-18-17-28-12-3-4-20-37(28,29)30)23-33(44-36(38)43)39(38,24-25)40(32)31-14-6-10-26(11-7-22-41)34(31)35(42)45-40/h3-4,6,10,12,14,19-21,23,25,27-30,32H,2,7-8,11,13,15-18,22,24,41H2,1H3/b33-23-/t25-,27-,28-,29+,30+,32+,37+,38+,39-,40-/m1/s1. The number of hydrogen-bond acceptors (Lipinski definition) is 5. The van der Waals surface area contributed by atoms with Crippen molar-refractivity contribution < 1.29 is 19.1 Å². The van der Waals surface area contributed by atoms with Crippen LogP contribution < -0.4 is 5.73 Å². The molecule has 45 heavy (non-hydrogen) atoms. The van der Waals surface area contributed by atoms with Gasteiger partial charge in [0.1, 0.15) is 11.2 Å². The molecule has 1 aromatic rings. The van der Waals surface area contributed by atoms with Crippen molar-refractivity contribution in [2.24, 2.45) is 57.5 Å². The van der Waals surface area contributed by atoms with E-state index in [9.17, 15) is 9.59 Å². The number of allylic oxidation sites excluding steroid dienone is 6. The van der Waals surface area contributed by atoms with Crippen molar-refractivity contribution in [3.63, 3.8) is 0 Å². The first-order chi connectivity index (χ1) is 22.0. The predicted molar refractivity (Wildman–Crippen MR) is 171 cm³/mol. The van der Waals surface area contributed by atoms with Crippen LogP contribution in [-0.2, 0) is 26.3 Å². The maximum Gasteiger partial charge on any atom is 0.339 e. The molecule has 2 heterocycles. The lowest BCUT2D eigenvalue weighted by Gasteiger charge is -2.69. The summed E-state index contributed by atoms with van der Waals surface area (Å²) in [5.74, 6) is 9.23. The molecule has 10 atom stereocenters. The highest BCUT2D eigenvalue weighted by Crippen LogP contribution is 2.84. The van der Waals surface area contributed by atoms with E-state index in [0.29, 0.717) is 36.3 Å². The van der Waals surface area contributed by atoms with Crippen LogP contribution in [0.4, 0.5) is 0 Å². The van der Waals surface area contributed by atoms with Crippen molar-refractivity contribution in [1.29, 1.82) is 0 Å². The maximum absolute atomic E-state index is 14.4. The van der Waals surface area contributed by atoms with E-state index >= 15 is 0 Å². The molecule has 0 radical (unpaired) electrons. The molecule has 3 saturated carbocycles. The first kappa shape index (κ1) is 27.9. The molecule has 232 valence electrons. The second-order valence-corrected chi connectivity index (χ2v) is 15.1. The number of esters is 2. The third kappa shape index (κ3) is 3.11. The second-order valence-electron chi connectivity index (χ2n) is 15.1. The average Bonchev–Trinajstić information content (AvgIpc) is 3.67. The number of hydrogen-bond donors (Lipinski definition) is 1. The zero-order valence-electron chi connectivity index (χ0n) is 26.2. The van der Waals surface area contributed by atoms with Crippen molar-refractivity contribution in [2.75, 3.05) is 6.54 Å². The number of ether oxygens (including phenoxy) is 2. The normalized spacial score (nSPS) is 45.1. The molecule has 3 spiro atoms. The Balaban J connectivity index is 1.27. The number of fused-ring (bicyclic) bond motifs is 4. The van der Waals surface area contributed by atoms with Gasteiger partial charge in [-0.25, -0.2) is 4.79 Å². The Morgan fingerprint density at radius 3 is 2.82 bits per heavy atom.